The molecule has 0 radical (unpaired) electrons. The molecular weight excluding hydrogens is 1030 g/mol. The van der Waals surface area contributed by atoms with Gasteiger partial charge in [0.15, 0.2) is 116 Å². The van der Waals surface area contributed by atoms with Crippen molar-refractivity contribution in [3.63, 3.8) is 0 Å². The van der Waals surface area contributed by atoms with E-state index in [0.29, 0.717) is 0 Å². The number of fused-ring (bicyclic) bond motifs is 4. The molecule has 0 aliphatic heterocycles. The van der Waals surface area contributed by atoms with Crippen LogP contribution in [-0.4, -0.2) is 6.15 Å². The molecule has 0 aliphatic carbocycles. The largest absolute Gasteiger partial charge is 1.00 e. The third-order valence-corrected chi connectivity index (χ3v) is 11.2. The first kappa shape index (κ1) is 51.4. The molecule has 8 rings (SSSR count). The van der Waals surface area contributed by atoms with Crippen LogP contribution in [0.5, 0.6) is 0 Å². The van der Waals surface area contributed by atoms with Crippen LogP contribution < -0.4 is 40.7 Å². The summed E-state index contributed by atoms with van der Waals surface area (Å²) in [6.45, 7) is 0. The standard InChI is InChI=1S/C40BF28.Li/c42-13-1-5(25(54)37(66)33(62)21(1)50)17(46)29(58)9(13)41(10-14(43)2-6(18(47)30(10)59)26(55)38(67)34(63)22(2)51,11-15(44)3-7(19(48)31(11)60)27(56)39(68)35(64)23(3)52)12-16(45)4-8(20(49)32(12)61)28(57)40(69)36(65)24(4)53;/q-1;+1. The zero-order valence-corrected chi connectivity index (χ0v) is 32.2. The minimum absolute atomic E-state index is 0. The van der Waals surface area contributed by atoms with E-state index in [4.69, 9.17) is 0 Å². The predicted octanol–water partition coefficient (Wildman–Crippen LogP) is 8.58. The summed E-state index contributed by atoms with van der Waals surface area (Å²) in [5, 5.41) is -25.0. The Morgan fingerprint density at radius 3 is 0.357 bits per heavy atom. The van der Waals surface area contributed by atoms with E-state index >= 15 is 87.8 Å². The summed E-state index contributed by atoms with van der Waals surface area (Å²) in [5.74, 6) is -102. The maximum absolute atomic E-state index is 17.4. The summed E-state index contributed by atoms with van der Waals surface area (Å²) in [6, 6.07) is 0. The first-order valence-corrected chi connectivity index (χ1v) is 17.4. The van der Waals surface area contributed by atoms with Gasteiger partial charge in [0, 0.05) is 0 Å². The zero-order chi connectivity index (χ0) is 51.6. The third kappa shape index (κ3) is 6.01. The van der Waals surface area contributed by atoms with E-state index in [1.54, 1.807) is 0 Å². The Balaban J connectivity index is 0.00000722. The van der Waals surface area contributed by atoms with E-state index in [2.05, 4.69) is 0 Å². The van der Waals surface area contributed by atoms with Crippen molar-refractivity contribution in [1.29, 1.82) is 0 Å². The number of hydrogen-bond donors (Lipinski definition) is 0. The van der Waals surface area contributed by atoms with Crippen LogP contribution in [0, 0.1) is 163 Å². The van der Waals surface area contributed by atoms with Crippen molar-refractivity contribution < 1.29 is 142 Å². The fraction of sp³-hybridized carbons (Fsp3) is 0. The van der Waals surface area contributed by atoms with Gasteiger partial charge in [-0.15, -0.1) is 21.9 Å². The zero-order valence-electron chi connectivity index (χ0n) is 32.2. The molecule has 0 aromatic heterocycles. The quantitative estimate of drug-likeness (QED) is 0.0718. The van der Waals surface area contributed by atoms with Crippen molar-refractivity contribution in [2.45, 2.75) is 0 Å². The van der Waals surface area contributed by atoms with Gasteiger partial charge in [-0.25, -0.2) is 123 Å². The average molecular weight is 1030 g/mol. The van der Waals surface area contributed by atoms with Crippen molar-refractivity contribution in [1.82, 2.24) is 0 Å². The van der Waals surface area contributed by atoms with Crippen LogP contribution in [0.15, 0.2) is 0 Å². The summed E-state index contributed by atoms with van der Waals surface area (Å²) in [6.07, 6.45) is -7.99. The van der Waals surface area contributed by atoms with Crippen molar-refractivity contribution >= 4 is 71.1 Å². The van der Waals surface area contributed by atoms with Crippen molar-refractivity contribution in [3.8, 4) is 0 Å². The molecule has 0 amide bonds. The van der Waals surface area contributed by atoms with Crippen LogP contribution in [0.4, 0.5) is 123 Å². The van der Waals surface area contributed by atoms with E-state index in [9.17, 15) is 35.1 Å². The Labute approximate surface area is 375 Å². The molecular formula is C40BF28Li. The van der Waals surface area contributed by atoms with E-state index in [-0.39, 0.29) is 18.9 Å². The van der Waals surface area contributed by atoms with Crippen LogP contribution >= 0.6 is 0 Å². The Morgan fingerprint density at radius 2 is 0.229 bits per heavy atom. The van der Waals surface area contributed by atoms with Crippen molar-refractivity contribution in [2.24, 2.45) is 0 Å². The Morgan fingerprint density at radius 1 is 0.129 bits per heavy atom. The van der Waals surface area contributed by atoms with Gasteiger partial charge in [0.25, 0.3) is 0 Å². The Hall–Kier alpha value is -6.50. The molecule has 0 saturated carbocycles. The van der Waals surface area contributed by atoms with Gasteiger partial charge >= 0.3 is 18.9 Å². The van der Waals surface area contributed by atoms with E-state index in [1.807, 2.05) is 0 Å². The maximum atomic E-state index is 17.4. The van der Waals surface area contributed by atoms with E-state index in [0.717, 1.165) is 0 Å². The van der Waals surface area contributed by atoms with Crippen molar-refractivity contribution in [2.75, 3.05) is 0 Å². The van der Waals surface area contributed by atoms with Gasteiger partial charge < -0.3 is 0 Å². The molecule has 0 heterocycles. The molecule has 0 spiro atoms. The molecule has 8 aromatic carbocycles. The summed E-state index contributed by atoms with van der Waals surface area (Å²) >= 11 is 0. The molecule has 360 valence electrons. The van der Waals surface area contributed by atoms with Gasteiger partial charge in [-0.05, 0) is 0 Å². The van der Waals surface area contributed by atoms with E-state index < -0.39 is 234 Å². The Kier molecular flexibility index (Phi) is 12.1. The van der Waals surface area contributed by atoms with Crippen LogP contribution in [-0.2, 0) is 0 Å². The van der Waals surface area contributed by atoms with Gasteiger partial charge in [0.05, 0.1) is 43.1 Å². The molecule has 0 unspecified atom stereocenters. The van der Waals surface area contributed by atoms with Crippen LogP contribution in [0.1, 0.15) is 0 Å². The molecule has 0 saturated heterocycles. The second-order valence-corrected chi connectivity index (χ2v) is 14.3. The van der Waals surface area contributed by atoms with Gasteiger partial charge in [-0.3, -0.25) is 0 Å². The smallest absolute Gasteiger partial charge is 0.210 e. The Bertz CT molecular complexity index is 3290. The SMILES string of the molecule is Fc1c(F)c(F)c2c(F)c([B-](c3c(F)c(F)c4c(F)c(F)c(F)c(F)c4c3F)(c3c(F)c(F)c4c(F)c(F)c(F)c(F)c4c3F)c3c(F)c(F)c4c(F)c(F)c(F)c(F)c4c3F)c(F)c(F)c2c1F.[Li+]. The van der Waals surface area contributed by atoms with Crippen LogP contribution in [0.3, 0.4) is 0 Å². The van der Waals surface area contributed by atoms with Gasteiger partial charge in [0.2, 0.25) is 0 Å². The van der Waals surface area contributed by atoms with Gasteiger partial charge in [-0.1, -0.05) is 0 Å². The number of halogens is 28. The second kappa shape index (κ2) is 16.6. The fourth-order valence-electron chi connectivity index (χ4n) is 8.40. The van der Waals surface area contributed by atoms with Crippen molar-refractivity contribution in [3.05, 3.63) is 163 Å². The minimum Gasteiger partial charge on any atom is -0.210 e. The first-order chi connectivity index (χ1) is 32.0. The van der Waals surface area contributed by atoms with Crippen LogP contribution in [0.2, 0.25) is 0 Å². The number of benzene rings is 8. The molecule has 30 heteroatoms. The molecule has 0 N–H and O–H groups in total. The number of rotatable bonds is 4. The second-order valence-electron chi connectivity index (χ2n) is 14.3. The summed E-state index contributed by atoms with van der Waals surface area (Å²) < 4.78 is 442. The first-order valence-electron chi connectivity index (χ1n) is 17.4. The summed E-state index contributed by atoms with van der Waals surface area (Å²) in [5.41, 5.74) is -15.9. The fourth-order valence-corrected chi connectivity index (χ4v) is 8.40. The normalized spacial score (nSPS) is 12.2. The monoisotopic (exact) mass is 1030 g/mol. The molecule has 0 nitrogen and oxygen atoms in total. The maximum Gasteiger partial charge on any atom is 1.00 e. The summed E-state index contributed by atoms with van der Waals surface area (Å²) in [4.78, 5) is 0. The third-order valence-electron chi connectivity index (χ3n) is 11.2. The van der Waals surface area contributed by atoms with Crippen LogP contribution in [0.25, 0.3) is 43.1 Å². The summed E-state index contributed by atoms with van der Waals surface area (Å²) in [7, 11) is 0. The topological polar surface area (TPSA) is 0 Å². The van der Waals surface area contributed by atoms with Gasteiger partial charge in [-0.2, -0.15) is 0 Å². The average Bonchev–Trinajstić information content (AvgIpc) is 3.30. The van der Waals surface area contributed by atoms with Gasteiger partial charge in [0.1, 0.15) is 52.7 Å². The molecule has 0 bridgehead atoms. The molecule has 8 aromatic rings. The minimum atomic E-state index is -7.99. The molecule has 0 fully saturated rings. The molecule has 0 aliphatic rings. The molecule has 70 heavy (non-hydrogen) atoms. The predicted molar refractivity (Wildman–Crippen MR) is 179 cm³/mol. The number of hydrogen-bond acceptors (Lipinski definition) is 0. The van der Waals surface area contributed by atoms with E-state index in [1.165, 1.54) is 0 Å². The molecule has 0 atom stereocenters.